The van der Waals surface area contributed by atoms with Gasteiger partial charge in [0.1, 0.15) is 12.2 Å². The summed E-state index contributed by atoms with van der Waals surface area (Å²) in [5.41, 5.74) is 0.371. The van der Waals surface area contributed by atoms with Crippen molar-refractivity contribution in [2.75, 3.05) is 7.11 Å². The molecule has 6 nitrogen and oxygen atoms in total. The van der Waals surface area contributed by atoms with E-state index < -0.39 is 36.7 Å². The van der Waals surface area contributed by atoms with E-state index in [0.29, 0.717) is 5.56 Å². The monoisotopic (exact) mass is 282 g/mol. The fourth-order valence-corrected chi connectivity index (χ4v) is 2.13. The molecular formula is C14H18O6. The van der Waals surface area contributed by atoms with E-state index in [-0.39, 0.29) is 0 Å². The smallest absolute Gasteiger partial charge is 0.338 e. The zero-order valence-corrected chi connectivity index (χ0v) is 11.3. The van der Waals surface area contributed by atoms with Gasteiger partial charge in [0, 0.05) is 7.11 Å². The molecule has 1 fully saturated rings. The molecule has 0 bridgehead atoms. The van der Waals surface area contributed by atoms with Crippen molar-refractivity contribution in [2.24, 2.45) is 0 Å². The molecule has 0 unspecified atom stereocenters. The number of benzene rings is 1. The van der Waals surface area contributed by atoms with Crippen molar-refractivity contribution in [1.82, 2.24) is 0 Å². The van der Waals surface area contributed by atoms with Crippen LogP contribution in [0.1, 0.15) is 17.3 Å². The molecule has 0 aromatic heterocycles. The van der Waals surface area contributed by atoms with Crippen molar-refractivity contribution >= 4 is 5.97 Å². The maximum Gasteiger partial charge on any atom is 0.338 e. The van der Waals surface area contributed by atoms with Crippen LogP contribution in [0.25, 0.3) is 0 Å². The predicted molar refractivity (Wildman–Crippen MR) is 69.0 cm³/mol. The van der Waals surface area contributed by atoms with Crippen LogP contribution in [0.5, 0.6) is 0 Å². The summed E-state index contributed by atoms with van der Waals surface area (Å²) in [5, 5.41) is 19.8. The van der Waals surface area contributed by atoms with Gasteiger partial charge in [-0.3, -0.25) is 0 Å². The highest BCUT2D eigenvalue weighted by molar-refractivity contribution is 5.89. The van der Waals surface area contributed by atoms with Gasteiger partial charge in [-0.2, -0.15) is 0 Å². The van der Waals surface area contributed by atoms with E-state index in [2.05, 4.69) is 0 Å². The Kier molecular flexibility index (Phi) is 4.72. The highest BCUT2D eigenvalue weighted by Gasteiger charge is 2.45. The molecule has 5 atom stereocenters. The average Bonchev–Trinajstić information content (AvgIpc) is 2.48. The quantitative estimate of drug-likeness (QED) is 0.777. The molecule has 2 N–H and O–H groups in total. The van der Waals surface area contributed by atoms with Crippen LogP contribution in [-0.2, 0) is 14.2 Å². The van der Waals surface area contributed by atoms with Crippen LogP contribution in [-0.4, -0.2) is 54.0 Å². The molecule has 1 saturated heterocycles. The zero-order valence-electron chi connectivity index (χ0n) is 11.3. The highest BCUT2D eigenvalue weighted by Crippen LogP contribution is 2.24. The molecule has 1 aliphatic rings. The number of carbonyl (C=O) groups excluding carboxylic acids is 1. The first kappa shape index (κ1) is 14.9. The molecule has 0 spiro atoms. The molecule has 0 amide bonds. The Hall–Kier alpha value is -1.47. The number of esters is 1. The number of aliphatic hydroxyl groups is 2. The van der Waals surface area contributed by atoms with E-state index in [1.165, 1.54) is 7.11 Å². The van der Waals surface area contributed by atoms with Gasteiger partial charge in [-0.1, -0.05) is 18.2 Å². The third kappa shape index (κ3) is 2.99. The number of hydrogen-bond donors (Lipinski definition) is 2. The lowest BCUT2D eigenvalue weighted by Gasteiger charge is -2.40. The van der Waals surface area contributed by atoms with Crippen LogP contribution in [0.15, 0.2) is 30.3 Å². The molecular weight excluding hydrogens is 264 g/mol. The zero-order chi connectivity index (χ0) is 14.7. The van der Waals surface area contributed by atoms with Gasteiger partial charge in [0.15, 0.2) is 12.4 Å². The van der Waals surface area contributed by atoms with Crippen LogP contribution in [0.2, 0.25) is 0 Å². The summed E-state index contributed by atoms with van der Waals surface area (Å²) in [6, 6.07) is 8.42. The molecule has 1 aliphatic heterocycles. The van der Waals surface area contributed by atoms with E-state index in [4.69, 9.17) is 14.2 Å². The third-order valence-corrected chi connectivity index (χ3v) is 3.26. The standard InChI is InChI=1S/C14H18O6/c1-8-12(10(15)11(16)14(18-2)19-8)20-13(17)9-6-4-3-5-7-9/h3-8,10-12,14-16H,1-2H3/t8-,10-,11-,12-,14+/m1/s1. The average molecular weight is 282 g/mol. The minimum absolute atomic E-state index is 0.371. The van der Waals surface area contributed by atoms with Crippen LogP contribution >= 0.6 is 0 Å². The van der Waals surface area contributed by atoms with E-state index in [1.807, 2.05) is 0 Å². The summed E-state index contributed by atoms with van der Waals surface area (Å²) in [5.74, 6) is -0.576. The number of aliphatic hydroxyl groups excluding tert-OH is 2. The third-order valence-electron chi connectivity index (χ3n) is 3.26. The Morgan fingerprint density at radius 3 is 2.45 bits per heavy atom. The number of carbonyl (C=O) groups is 1. The van der Waals surface area contributed by atoms with E-state index in [0.717, 1.165) is 0 Å². The minimum atomic E-state index is -1.27. The normalized spacial score (nSPS) is 33.7. The van der Waals surface area contributed by atoms with Gasteiger partial charge in [0.05, 0.1) is 11.7 Å². The summed E-state index contributed by atoms with van der Waals surface area (Å²) >= 11 is 0. The lowest BCUT2D eigenvalue weighted by atomic mass is 9.99. The van der Waals surface area contributed by atoms with Crippen molar-refractivity contribution in [3.8, 4) is 0 Å². The molecule has 6 heteroatoms. The molecule has 1 aromatic carbocycles. The Balaban J connectivity index is 2.07. The molecule has 20 heavy (non-hydrogen) atoms. The van der Waals surface area contributed by atoms with Crippen LogP contribution in [0, 0.1) is 0 Å². The minimum Gasteiger partial charge on any atom is -0.453 e. The van der Waals surface area contributed by atoms with Crippen molar-refractivity contribution < 1.29 is 29.2 Å². The van der Waals surface area contributed by atoms with Crippen molar-refractivity contribution in [2.45, 2.75) is 37.6 Å². The summed E-state index contributed by atoms with van der Waals surface area (Å²) in [6.07, 6.45) is -5.03. The lowest BCUT2D eigenvalue weighted by molar-refractivity contribution is -0.285. The van der Waals surface area contributed by atoms with Gasteiger partial charge in [-0.25, -0.2) is 4.79 Å². The molecule has 2 rings (SSSR count). The van der Waals surface area contributed by atoms with Crippen molar-refractivity contribution in [3.63, 3.8) is 0 Å². The Morgan fingerprint density at radius 1 is 1.20 bits per heavy atom. The molecule has 1 aromatic rings. The van der Waals surface area contributed by atoms with Crippen LogP contribution in [0.4, 0.5) is 0 Å². The Morgan fingerprint density at radius 2 is 1.85 bits per heavy atom. The van der Waals surface area contributed by atoms with Gasteiger partial charge in [0.2, 0.25) is 0 Å². The van der Waals surface area contributed by atoms with Crippen molar-refractivity contribution in [3.05, 3.63) is 35.9 Å². The van der Waals surface area contributed by atoms with Gasteiger partial charge >= 0.3 is 5.97 Å². The fraction of sp³-hybridized carbons (Fsp3) is 0.500. The van der Waals surface area contributed by atoms with Crippen molar-refractivity contribution in [1.29, 1.82) is 0 Å². The first-order chi connectivity index (χ1) is 9.54. The Labute approximate surface area is 116 Å². The molecule has 0 saturated carbocycles. The number of hydrogen-bond acceptors (Lipinski definition) is 6. The number of ether oxygens (including phenoxy) is 3. The molecule has 0 aliphatic carbocycles. The second-order valence-corrected chi connectivity index (χ2v) is 4.66. The van der Waals surface area contributed by atoms with E-state index >= 15 is 0 Å². The van der Waals surface area contributed by atoms with Gasteiger partial charge in [-0.15, -0.1) is 0 Å². The second-order valence-electron chi connectivity index (χ2n) is 4.66. The van der Waals surface area contributed by atoms with Crippen LogP contribution < -0.4 is 0 Å². The van der Waals surface area contributed by atoms with Gasteiger partial charge in [-0.05, 0) is 19.1 Å². The fourth-order valence-electron chi connectivity index (χ4n) is 2.13. The summed E-state index contributed by atoms with van der Waals surface area (Å²) in [7, 11) is 1.36. The number of rotatable bonds is 3. The van der Waals surface area contributed by atoms with Gasteiger partial charge < -0.3 is 24.4 Å². The largest absolute Gasteiger partial charge is 0.453 e. The van der Waals surface area contributed by atoms with Crippen LogP contribution in [0.3, 0.4) is 0 Å². The first-order valence-electron chi connectivity index (χ1n) is 6.35. The summed E-state index contributed by atoms with van der Waals surface area (Å²) < 4.78 is 15.5. The van der Waals surface area contributed by atoms with Gasteiger partial charge in [0.25, 0.3) is 0 Å². The number of methoxy groups -OCH3 is 1. The maximum atomic E-state index is 12.0. The molecule has 1 heterocycles. The topological polar surface area (TPSA) is 85.2 Å². The second kappa shape index (κ2) is 6.32. The lowest BCUT2D eigenvalue weighted by Crippen LogP contribution is -2.58. The SMILES string of the molecule is CO[C@H]1O[C@H](C)[C@@H](OC(=O)c2ccccc2)[C@H](O)[C@H]1O. The van der Waals surface area contributed by atoms with E-state index in [9.17, 15) is 15.0 Å². The highest BCUT2D eigenvalue weighted by atomic mass is 16.7. The summed E-state index contributed by atoms with van der Waals surface area (Å²) in [6.45, 7) is 1.64. The summed E-state index contributed by atoms with van der Waals surface area (Å²) in [4.78, 5) is 12.0. The molecule has 110 valence electrons. The first-order valence-corrected chi connectivity index (χ1v) is 6.35. The molecule has 0 radical (unpaired) electrons. The maximum absolute atomic E-state index is 12.0. The predicted octanol–water partition coefficient (Wildman–Crippen LogP) is 0.325. The van der Waals surface area contributed by atoms with E-state index in [1.54, 1.807) is 37.3 Å². The Bertz CT molecular complexity index is 448.